The van der Waals surface area contributed by atoms with Gasteiger partial charge in [0, 0.05) is 16.7 Å². The van der Waals surface area contributed by atoms with Crippen LogP contribution < -0.4 is 0 Å². The van der Waals surface area contributed by atoms with Crippen molar-refractivity contribution in [3.63, 3.8) is 0 Å². The third-order valence-electron chi connectivity index (χ3n) is 4.23. The van der Waals surface area contributed by atoms with Gasteiger partial charge in [0.15, 0.2) is 11.6 Å². The van der Waals surface area contributed by atoms with Crippen molar-refractivity contribution in [1.82, 2.24) is 0 Å². The second-order valence-corrected chi connectivity index (χ2v) is 7.07. The van der Waals surface area contributed by atoms with Crippen LogP contribution in [0.3, 0.4) is 0 Å². The molecule has 0 aromatic rings. The van der Waals surface area contributed by atoms with Gasteiger partial charge in [0.2, 0.25) is 23.1 Å². The van der Waals surface area contributed by atoms with Crippen molar-refractivity contribution in [2.45, 2.75) is 46.1 Å². The number of aliphatic hydroxyl groups is 1. The van der Waals surface area contributed by atoms with Crippen molar-refractivity contribution in [1.29, 1.82) is 0 Å². The van der Waals surface area contributed by atoms with Crippen LogP contribution in [0.1, 0.15) is 40.5 Å². The number of ketones is 4. The lowest BCUT2D eigenvalue weighted by Gasteiger charge is -2.22. The fourth-order valence-electron chi connectivity index (χ4n) is 2.55. The van der Waals surface area contributed by atoms with Crippen molar-refractivity contribution in [3.8, 4) is 0 Å². The normalized spacial score (nSPS) is 17.5. The summed E-state index contributed by atoms with van der Waals surface area (Å²) in [4.78, 5) is 45.5. The molecule has 2 rings (SSSR count). The van der Waals surface area contributed by atoms with Gasteiger partial charge in [-0.3, -0.25) is 19.2 Å². The summed E-state index contributed by atoms with van der Waals surface area (Å²) < 4.78 is 9.92. The van der Waals surface area contributed by atoms with Crippen LogP contribution in [0.5, 0.6) is 0 Å². The van der Waals surface area contributed by atoms with Crippen LogP contribution in [-0.4, -0.2) is 48.1 Å². The van der Waals surface area contributed by atoms with Gasteiger partial charge in [-0.15, -0.1) is 0 Å². The monoisotopic (exact) mass is 390 g/mol. The number of ether oxygens (including phenoxy) is 2. The molecule has 0 bridgehead atoms. The summed E-state index contributed by atoms with van der Waals surface area (Å²) in [5.74, 6) is -0.993. The van der Waals surface area contributed by atoms with Crippen molar-refractivity contribution in [2.75, 3.05) is 14.2 Å². The lowest BCUT2D eigenvalue weighted by Crippen LogP contribution is -2.27. The quantitative estimate of drug-likeness (QED) is 0.717. The first-order chi connectivity index (χ1) is 12.9. The maximum absolute atomic E-state index is 12.2. The number of rotatable bonds is 5. The Morgan fingerprint density at radius 1 is 0.929 bits per heavy atom. The average Bonchev–Trinajstić information content (AvgIpc) is 2.61. The molecular formula is C21H26O7. The van der Waals surface area contributed by atoms with Gasteiger partial charge in [0.1, 0.15) is 0 Å². The maximum atomic E-state index is 12.2. The molecule has 0 fully saturated rings. The molecule has 0 amide bonds. The highest BCUT2D eigenvalue weighted by Crippen LogP contribution is 2.29. The number of hydrogen-bond acceptors (Lipinski definition) is 7. The lowest BCUT2D eigenvalue weighted by molar-refractivity contribution is -0.121. The standard InChI is InChI=1S/C14H20O5.C7H6O2/c1-8-9(6-7-14(2,3)17)11(16)13(19-5)12(18-4)10(8)15;1-5-4-6(8)2-3-7(5)9/h17H,6-7H2,1-5H3;2-4H,1H3. The van der Waals surface area contributed by atoms with E-state index in [-0.39, 0.29) is 34.7 Å². The molecule has 2 aliphatic carbocycles. The summed E-state index contributed by atoms with van der Waals surface area (Å²) in [6.45, 7) is 6.53. The molecule has 0 spiro atoms. The Hall–Kier alpha value is -2.80. The highest BCUT2D eigenvalue weighted by atomic mass is 16.5. The molecule has 0 heterocycles. The summed E-state index contributed by atoms with van der Waals surface area (Å²) >= 11 is 0. The van der Waals surface area contributed by atoms with Crippen molar-refractivity contribution in [3.05, 3.63) is 46.5 Å². The van der Waals surface area contributed by atoms with Crippen LogP contribution in [0.4, 0.5) is 0 Å². The number of carbonyl (C=O) groups is 4. The summed E-state index contributed by atoms with van der Waals surface area (Å²) in [5, 5.41) is 9.72. The Bertz CT molecular complexity index is 814. The summed E-state index contributed by atoms with van der Waals surface area (Å²) in [6, 6.07) is 0. The molecular weight excluding hydrogens is 364 g/mol. The number of hydrogen-bond donors (Lipinski definition) is 1. The molecule has 0 saturated carbocycles. The van der Waals surface area contributed by atoms with Crippen molar-refractivity contribution >= 4 is 23.1 Å². The largest absolute Gasteiger partial charge is 0.489 e. The van der Waals surface area contributed by atoms with E-state index in [1.807, 2.05) is 0 Å². The SMILES string of the molecule is CC1=CC(=O)C=CC1=O.COC1=C(OC)C(=O)C(CCC(C)(C)O)=C(C)C1=O. The van der Waals surface area contributed by atoms with Crippen LogP contribution in [0.15, 0.2) is 46.5 Å². The Morgan fingerprint density at radius 3 is 1.89 bits per heavy atom. The zero-order valence-corrected chi connectivity index (χ0v) is 17.0. The van der Waals surface area contributed by atoms with E-state index >= 15 is 0 Å². The van der Waals surface area contributed by atoms with Gasteiger partial charge in [0.05, 0.1) is 19.8 Å². The molecule has 0 radical (unpaired) electrons. The second-order valence-electron chi connectivity index (χ2n) is 7.07. The van der Waals surface area contributed by atoms with Gasteiger partial charge in [-0.1, -0.05) is 0 Å². The number of carbonyl (C=O) groups excluding carboxylic acids is 4. The first-order valence-electron chi connectivity index (χ1n) is 8.71. The number of allylic oxidation sites excluding steroid dienone is 6. The number of methoxy groups -OCH3 is 2. The molecule has 0 aliphatic heterocycles. The van der Waals surface area contributed by atoms with E-state index in [0.717, 1.165) is 0 Å². The van der Waals surface area contributed by atoms with Crippen LogP contribution in [0.2, 0.25) is 0 Å². The highest BCUT2D eigenvalue weighted by Gasteiger charge is 2.34. The fraction of sp³-hybridized carbons (Fsp3) is 0.429. The Morgan fingerprint density at radius 2 is 1.46 bits per heavy atom. The van der Waals surface area contributed by atoms with E-state index in [9.17, 15) is 24.3 Å². The van der Waals surface area contributed by atoms with Crippen molar-refractivity contribution in [2.24, 2.45) is 0 Å². The molecule has 0 saturated heterocycles. The van der Waals surface area contributed by atoms with Crippen molar-refractivity contribution < 1.29 is 33.8 Å². The maximum Gasteiger partial charge on any atom is 0.228 e. The predicted octanol–water partition coefficient (Wildman–Crippen LogP) is 2.15. The lowest BCUT2D eigenvalue weighted by atomic mass is 9.87. The highest BCUT2D eigenvalue weighted by molar-refractivity contribution is 6.23. The van der Waals surface area contributed by atoms with Gasteiger partial charge in [0.25, 0.3) is 0 Å². The minimum absolute atomic E-state index is 0.0583. The average molecular weight is 390 g/mol. The van der Waals surface area contributed by atoms with Crippen LogP contribution >= 0.6 is 0 Å². The third kappa shape index (κ3) is 5.85. The summed E-state index contributed by atoms with van der Waals surface area (Å²) in [6.07, 6.45) is 4.61. The molecule has 1 N–H and O–H groups in total. The molecule has 0 atom stereocenters. The van der Waals surface area contributed by atoms with Gasteiger partial charge in [-0.25, -0.2) is 0 Å². The molecule has 2 aliphatic rings. The minimum atomic E-state index is -0.894. The van der Waals surface area contributed by atoms with E-state index in [0.29, 0.717) is 29.6 Å². The van der Waals surface area contributed by atoms with Crippen LogP contribution in [-0.2, 0) is 28.7 Å². The molecule has 0 aromatic heterocycles. The van der Waals surface area contributed by atoms with E-state index in [1.165, 1.54) is 32.4 Å². The zero-order valence-electron chi connectivity index (χ0n) is 17.0. The van der Waals surface area contributed by atoms with Crippen LogP contribution in [0.25, 0.3) is 0 Å². The summed E-state index contributed by atoms with van der Waals surface area (Å²) in [7, 11) is 2.66. The van der Waals surface area contributed by atoms with E-state index in [4.69, 9.17) is 9.47 Å². The fourth-order valence-corrected chi connectivity index (χ4v) is 2.55. The van der Waals surface area contributed by atoms with Gasteiger partial charge in [-0.2, -0.15) is 0 Å². The molecule has 28 heavy (non-hydrogen) atoms. The first-order valence-corrected chi connectivity index (χ1v) is 8.71. The van der Waals surface area contributed by atoms with E-state index in [1.54, 1.807) is 27.7 Å². The molecule has 7 nitrogen and oxygen atoms in total. The minimum Gasteiger partial charge on any atom is -0.489 e. The van der Waals surface area contributed by atoms with E-state index < -0.39 is 5.60 Å². The molecule has 152 valence electrons. The van der Waals surface area contributed by atoms with Gasteiger partial charge < -0.3 is 14.6 Å². The zero-order chi connectivity index (χ0) is 21.6. The second kappa shape index (κ2) is 9.41. The number of Topliss-reactive ketones (excluding diaryl/α,β-unsaturated/α-hetero) is 2. The topological polar surface area (TPSA) is 107 Å². The molecule has 0 aromatic carbocycles. The first kappa shape index (κ1) is 23.2. The Balaban J connectivity index is 0.000000362. The van der Waals surface area contributed by atoms with Gasteiger partial charge >= 0.3 is 0 Å². The molecule has 0 unspecified atom stereocenters. The third-order valence-corrected chi connectivity index (χ3v) is 4.23. The summed E-state index contributed by atoms with van der Waals surface area (Å²) in [5.41, 5.74) is 0.355. The Labute approximate surface area is 164 Å². The predicted molar refractivity (Wildman–Crippen MR) is 102 cm³/mol. The Kier molecular flexibility index (Phi) is 7.81. The van der Waals surface area contributed by atoms with Crippen LogP contribution in [0, 0.1) is 0 Å². The van der Waals surface area contributed by atoms with E-state index in [2.05, 4.69) is 0 Å². The molecule has 7 heteroatoms. The smallest absolute Gasteiger partial charge is 0.228 e. The van der Waals surface area contributed by atoms with Gasteiger partial charge in [-0.05, 0) is 58.8 Å².